The summed E-state index contributed by atoms with van der Waals surface area (Å²) in [4.78, 5) is 31.3. The van der Waals surface area contributed by atoms with E-state index in [1.807, 2.05) is 12.1 Å². The molecule has 1 aliphatic rings. The number of sulfonamides is 1. The third-order valence-corrected chi connectivity index (χ3v) is 5.55. The average molecular weight is 432 g/mol. The monoisotopic (exact) mass is 431 g/mol. The van der Waals surface area contributed by atoms with Crippen molar-refractivity contribution < 1.29 is 18.0 Å². The second-order valence-electron chi connectivity index (χ2n) is 7.17. The summed E-state index contributed by atoms with van der Waals surface area (Å²) in [7, 11) is -2.00. The molecule has 1 aliphatic heterocycles. The van der Waals surface area contributed by atoms with Gasteiger partial charge in [-0.2, -0.15) is 0 Å². The van der Waals surface area contributed by atoms with Crippen LogP contribution in [0.1, 0.15) is 23.2 Å². The van der Waals surface area contributed by atoms with Gasteiger partial charge in [-0.15, -0.1) is 0 Å². The van der Waals surface area contributed by atoms with Crippen molar-refractivity contribution in [2.24, 2.45) is 5.92 Å². The molecule has 1 aromatic heterocycles. The minimum Gasteiger partial charge on any atom is -0.371 e. The van der Waals surface area contributed by atoms with Crippen LogP contribution in [-0.2, 0) is 14.8 Å². The van der Waals surface area contributed by atoms with Crippen LogP contribution >= 0.6 is 0 Å². The molecule has 0 spiro atoms. The topological polar surface area (TPSA) is 120 Å². The largest absolute Gasteiger partial charge is 0.371 e. The van der Waals surface area contributed by atoms with E-state index < -0.39 is 10.0 Å². The lowest BCUT2D eigenvalue weighted by atomic mass is 9.95. The fourth-order valence-corrected chi connectivity index (χ4v) is 4.00. The average Bonchev–Trinajstić information content (AvgIpc) is 2.73. The summed E-state index contributed by atoms with van der Waals surface area (Å²) in [6, 6.07) is 8.30. The minimum absolute atomic E-state index is 0.189. The maximum atomic E-state index is 12.9. The lowest BCUT2D eigenvalue weighted by Gasteiger charge is -2.33. The first-order valence-corrected chi connectivity index (χ1v) is 11.5. The summed E-state index contributed by atoms with van der Waals surface area (Å²) in [5, 5.41) is 5.34. The van der Waals surface area contributed by atoms with Crippen molar-refractivity contribution in [1.29, 1.82) is 0 Å². The Hall–Kier alpha value is -3.14. The van der Waals surface area contributed by atoms with Crippen LogP contribution in [0.4, 0.5) is 17.1 Å². The number of amides is 2. The molecule has 2 heterocycles. The molecule has 0 unspecified atom stereocenters. The highest BCUT2D eigenvalue weighted by molar-refractivity contribution is 7.92. The van der Waals surface area contributed by atoms with Gasteiger partial charge in [-0.25, -0.2) is 8.42 Å². The quantitative estimate of drug-likeness (QED) is 0.640. The van der Waals surface area contributed by atoms with Crippen molar-refractivity contribution in [3.63, 3.8) is 0 Å². The van der Waals surface area contributed by atoms with Crippen molar-refractivity contribution in [3.8, 4) is 0 Å². The fraction of sp³-hybridized carbons (Fsp3) is 0.350. The number of benzene rings is 1. The molecule has 0 radical (unpaired) electrons. The van der Waals surface area contributed by atoms with E-state index in [1.54, 1.807) is 12.4 Å². The molecule has 160 valence electrons. The molecule has 3 rings (SSSR count). The Morgan fingerprint density at radius 3 is 2.37 bits per heavy atom. The summed E-state index contributed by atoms with van der Waals surface area (Å²) < 4.78 is 25.4. The molecule has 30 heavy (non-hydrogen) atoms. The predicted molar refractivity (Wildman–Crippen MR) is 116 cm³/mol. The molecule has 0 aliphatic carbocycles. The number of nitrogens with one attached hydrogen (secondary N) is 3. The van der Waals surface area contributed by atoms with Crippen LogP contribution in [0.2, 0.25) is 0 Å². The Labute approximate surface area is 175 Å². The van der Waals surface area contributed by atoms with E-state index in [0.29, 0.717) is 12.8 Å². The molecule has 0 bridgehead atoms. The number of aromatic nitrogens is 1. The van der Waals surface area contributed by atoms with E-state index in [-0.39, 0.29) is 34.7 Å². The second kappa shape index (κ2) is 9.12. The third kappa shape index (κ3) is 5.47. The number of piperidine rings is 1. The SMILES string of the molecule is CNC(=O)c1ccc(NS(C)(=O)=O)cc1NC(=O)C1CCN(c2ccncc2)CC1. The smallest absolute Gasteiger partial charge is 0.253 e. The van der Waals surface area contributed by atoms with E-state index in [1.165, 1.54) is 25.2 Å². The van der Waals surface area contributed by atoms with Crippen molar-refractivity contribution in [3.05, 3.63) is 48.3 Å². The van der Waals surface area contributed by atoms with Crippen LogP contribution in [0, 0.1) is 5.92 Å². The minimum atomic E-state index is -3.49. The van der Waals surface area contributed by atoms with Gasteiger partial charge in [-0.05, 0) is 43.2 Å². The van der Waals surface area contributed by atoms with Crippen LogP contribution < -0.4 is 20.3 Å². The molecule has 1 fully saturated rings. The first-order chi connectivity index (χ1) is 14.3. The summed E-state index contributed by atoms with van der Waals surface area (Å²) in [5.74, 6) is -0.762. The summed E-state index contributed by atoms with van der Waals surface area (Å²) >= 11 is 0. The summed E-state index contributed by atoms with van der Waals surface area (Å²) in [6.07, 6.45) is 5.86. The zero-order chi connectivity index (χ0) is 21.7. The van der Waals surface area contributed by atoms with Gasteiger partial charge in [0.1, 0.15) is 0 Å². The summed E-state index contributed by atoms with van der Waals surface area (Å²) in [5.41, 5.74) is 1.88. The van der Waals surface area contributed by atoms with E-state index in [4.69, 9.17) is 0 Å². The standard InChI is InChI=1S/C20H25N5O4S/c1-21-20(27)17-4-3-15(24-30(2,28)29)13-18(17)23-19(26)14-7-11-25(12-8-14)16-5-9-22-10-6-16/h3-6,9-10,13-14,24H,7-8,11-12H2,1-2H3,(H,21,27)(H,23,26). The molecule has 1 aromatic carbocycles. The van der Waals surface area contributed by atoms with Gasteiger partial charge in [-0.3, -0.25) is 19.3 Å². The maximum Gasteiger partial charge on any atom is 0.253 e. The van der Waals surface area contributed by atoms with Gasteiger partial charge in [0.15, 0.2) is 0 Å². The fourth-order valence-electron chi connectivity index (χ4n) is 3.45. The zero-order valence-corrected chi connectivity index (χ0v) is 17.7. The molecule has 0 atom stereocenters. The van der Waals surface area contributed by atoms with Crippen molar-refractivity contribution in [2.75, 3.05) is 41.3 Å². The van der Waals surface area contributed by atoms with Crippen LogP contribution in [0.3, 0.4) is 0 Å². The van der Waals surface area contributed by atoms with Crippen LogP contribution in [0.5, 0.6) is 0 Å². The molecule has 10 heteroatoms. The van der Waals surface area contributed by atoms with Crippen LogP contribution in [0.25, 0.3) is 0 Å². The lowest BCUT2D eigenvalue weighted by Crippen LogP contribution is -2.38. The number of carbonyl (C=O) groups is 2. The number of hydrogen-bond acceptors (Lipinski definition) is 6. The van der Waals surface area contributed by atoms with Gasteiger partial charge >= 0.3 is 0 Å². The highest BCUT2D eigenvalue weighted by Gasteiger charge is 2.26. The number of anilines is 3. The van der Waals surface area contributed by atoms with Crippen molar-refractivity contribution in [2.45, 2.75) is 12.8 Å². The lowest BCUT2D eigenvalue weighted by molar-refractivity contribution is -0.120. The number of carbonyl (C=O) groups excluding carboxylic acids is 2. The van der Waals surface area contributed by atoms with E-state index in [2.05, 4.69) is 25.2 Å². The van der Waals surface area contributed by atoms with Gasteiger partial charge in [0.05, 0.1) is 23.2 Å². The maximum absolute atomic E-state index is 12.9. The van der Waals surface area contributed by atoms with E-state index >= 15 is 0 Å². The Bertz CT molecular complexity index is 1020. The second-order valence-corrected chi connectivity index (χ2v) is 8.92. The van der Waals surface area contributed by atoms with Crippen LogP contribution in [0.15, 0.2) is 42.7 Å². The van der Waals surface area contributed by atoms with Gasteiger partial charge in [0, 0.05) is 44.1 Å². The highest BCUT2D eigenvalue weighted by Crippen LogP contribution is 2.26. The third-order valence-electron chi connectivity index (χ3n) is 4.95. The highest BCUT2D eigenvalue weighted by atomic mass is 32.2. The molecule has 9 nitrogen and oxygen atoms in total. The first kappa shape index (κ1) is 21.6. The molecule has 2 amide bonds. The summed E-state index contributed by atoms with van der Waals surface area (Å²) in [6.45, 7) is 1.47. The van der Waals surface area contributed by atoms with Crippen LogP contribution in [-0.4, -0.2) is 51.6 Å². The molecule has 2 aromatic rings. The molecular weight excluding hydrogens is 406 g/mol. The predicted octanol–water partition coefficient (Wildman–Crippen LogP) is 1.67. The first-order valence-electron chi connectivity index (χ1n) is 9.56. The number of hydrogen-bond donors (Lipinski definition) is 3. The number of rotatable bonds is 6. The molecule has 0 saturated carbocycles. The van der Waals surface area contributed by atoms with Gasteiger partial charge in [0.2, 0.25) is 15.9 Å². The molecular formula is C20H25N5O4S. The van der Waals surface area contributed by atoms with Crippen molar-refractivity contribution in [1.82, 2.24) is 10.3 Å². The normalized spacial score (nSPS) is 14.8. The Kier molecular flexibility index (Phi) is 6.56. The Balaban J connectivity index is 1.72. The Morgan fingerprint density at radius 2 is 1.77 bits per heavy atom. The Morgan fingerprint density at radius 1 is 1.10 bits per heavy atom. The van der Waals surface area contributed by atoms with Gasteiger partial charge < -0.3 is 15.5 Å². The number of nitrogens with zero attached hydrogens (tertiary/aromatic N) is 2. The van der Waals surface area contributed by atoms with Gasteiger partial charge in [-0.1, -0.05) is 0 Å². The van der Waals surface area contributed by atoms with Gasteiger partial charge in [0.25, 0.3) is 5.91 Å². The van der Waals surface area contributed by atoms with E-state index in [0.717, 1.165) is 25.0 Å². The molecule has 3 N–H and O–H groups in total. The van der Waals surface area contributed by atoms with Crippen molar-refractivity contribution >= 4 is 38.9 Å². The molecule has 1 saturated heterocycles. The number of pyridine rings is 1. The van der Waals surface area contributed by atoms with E-state index in [9.17, 15) is 18.0 Å². The zero-order valence-electron chi connectivity index (χ0n) is 16.9.